The number of hydrogen-bond acceptors (Lipinski definition) is 6. The van der Waals surface area contributed by atoms with Gasteiger partial charge in [0.1, 0.15) is 27.9 Å². The molecule has 6 nitrogen and oxygen atoms in total. The topological polar surface area (TPSA) is 89.1 Å². The Morgan fingerprint density at radius 2 is 1.93 bits per heavy atom. The van der Waals surface area contributed by atoms with E-state index in [-0.39, 0.29) is 35.3 Å². The number of amides is 1. The monoisotopic (exact) mass is 475 g/mol. The van der Waals surface area contributed by atoms with E-state index < -0.39 is 5.97 Å². The van der Waals surface area contributed by atoms with E-state index in [4.69, 9.17) is 9.15 Å². The number of hydrogen-bond donors (Lipinski definition) is 1. The minimum Gasteiger partial charge on any atom is -0.506 e. The van der Waals surface area contributed by atoms with Gasteiger partial charge in [0.15, 0.2) is 0 Å². The van der Waals surface area contributed by atoms with Crippen LogP contribution in [0.25, 0.3) is 17.4 Å². The van der Waals surface area contributed by atoms with E-state index in [1.165, 1.54) is 0 Å². The molecule has 1 aromatic carbocycles. The summed E-state index contributed by atoms with van der Waals surface area (Å²) in [6, 6.07) is 11.2. The molecule has 3 rings (SSSR count). The number of aliphatic hydroxyl groups is 1. The number of esters is 1. The molecule has 0 aliphatic carbocycles. The largest absolute Gasteiger partial charge is 0.506 e. The summed E-state index contributed by atoms with van der Waals surface area (Å²) in [6.45, 7) is 3.47. The summed E-state index contributed by atoms with van der Waals surface area (Å²) in [7, 11) is 0. The Kier molecular flexibility index (Phi) is 6.76. The Labute approximate surface area is 180 Å². The number of rotatable bonds is 5. The van der Waals surface area contributed by atoms with Gasteiger partial charge in [0.2, 0.25) is 5.91 Å². The smallest absolute Gasteiger partial charge is 0.344 e. The standard InChI is InChI=1S/C21H18BrNO5S/c1-3-17(24)23-20-18(21(26)27-4-2)19(25)16(29-20)11-14-9-10-15(28-14)12-5-7-13(22)8-6-12/h5-11,25H,3-4H2,1-2H3/b16-11-,23-20?. The first-order valence-electron chi connectivity index (χ1n) is 8.90. The summed E-state index contributed by atoms with van der Waals surface area (Å²) in [4.78, 5) is 28.3. The third-order valence-electron chi connectivity index (χ3n) is 3.93. The Morgan fingerprint density at radius 3 is 2.59 bits per heavy atom. The second-order valence-electron chi connectivity index (χ2n) is 5.93. The summed E-state index contributed by atoms with van der Waals surface area (Å²) < 4.78 is 11.8. The van der Waals surface area contributed by atoms with E-state index in [1.807, 2.05) is 30.3 Å². The summed E-state index contributed by atoms with van der Waals surface area (Å²) in [5.74, 6) is -0.241. The molecule has 0 saturated heterocycles. The molecule has 1 N–H and O–H groups in total. The molecule has 0 spiro atoms. The molecule has 0 saturated carbocycles. The molecule has 1 aliphatic rings. The molecule has 0 bridgehead atoms. The number of furan rings is 1. The zero-order valence-corrected chi connectivity index (χ0v) is 18.2. The van der Waals surface area contributed by atoms with E-state index in [0.717, 1.165) is 21.8 Å². The van der Waals surface area contributed by atoms with Gasteiger partial charge in [-0.05, 0) is 37.3 Å². The minimum atomic E-state index is -0.724. The molecular weight excluding hydrogens is 458 g/mol. The van der Waals surface area contributed by atoms with Crippen molar-refractivity contribution in [2.75, 3.05) is 6.61 Å². The Hall–Kier alpha value is -2.58. The molecule has 8 heteroatoms. The van der Waals surface area contributed by atoms with Gasteiger partial charge in [-0.3, -0.25) is 4.79 Å². The molecule has 2 heterocycles. The Balaban J connectivity index is 1.94. The van der Waals surface area contributed by atoms with Crippen LogP contribution >= 0.6 is 27.7 Å². The molecule has 2 aromatic rings. The van der Waals surface area contributed by atoms with Crippen molar-refractivity contribution >= 4 is 50.7 Å². The van der Waals surface area contributed by atoms with E-state index in [1.54, 1.807) is 26.0 Å². The highest BCUT2D eigenvalue weighted by Gasteiger charge is 2.33. The fourth-order valence-electron chi connectivity index (χ4n) is 2.51. The van der Waals surface area contributed by atoms with Crippen molar-refractivity contribution in [1.82, 2.24) is 0 Å². The highest BCUT2D eigenvalue weighted by Crippen LogP contribution is 2.39. The zero-order valence-electron chi connectivity index (χ0n) is 15.8. The third kappa shape index (κ3) is 4.89. The first-order chi connectivity index (χ1) is 13.9. The van der Waals surface area contributed by atoms with Crippen LogP contribution in [0.3, 0.4) is 0 Å². The van der Waals surface area contributed by atoms with Crippen LogP contribution in [0.15, 0.2) is 66.5 Å². The minimum absolute atomic E-state index is 0.107. The van der Waals surface area contributed by atoms with Crippen molar-refractivity contribution in [3.05, 3.63) is 62.9 Å². The Bertz CT molecular complexity index is 1030. The molecule has 0 radical (unpaired) electrons. The predicted molar refractivity (Wildman–Crippen MR) is 116 cm³/mol. The molecule has 0 atom stereocenters. The maximum atomic E-state index is 12.3. The van der Waals surface area contributed by atoms with Crippen LogP contribution in [0, 0.1) is 0 Å². The highest BCUT2D eigenvalue weighted by atomic mass is 79.9. The van der Waals surface area contributed by atoms with Crippen LogP contribution in [0.4, 0.5) is 0 Å². The molecule has 150 valence electrons. The van der Waals surface area contributed by atoms with Gasteiger partial charge in [0, 0.05) is 16.5 Å². The SMILES string of the molecule is CCOC(=O)C1=C(O)/C(=C/c2ccc(-c3ccc(Br)cc3)o2)SC1=NC(=O)CC. The van der Waals surface area contributed by atoms with Crippen LogP contribution in [-0.2, 0) is 14.3 Å². The van der Waals surface area contributed by atoms with E-state index in [0.29, 0.717) is 16.4 Å². The van der Waals surface area contributed by atoms with Crippen LogP contribution in [0.5, 0.6) is 0 Å². The van der Waals surface area contributed by atoms with Gasteiger partial charge in [0.25, 0.3) is 0 Å². The average Bonchev–Trinajstić information content (AvgIpc) is 3.27. The number of halogens is 1. The molecule has 0 fully saturated rings. The maximum absolute atomic E-state index is 12.3. The van der Waals surface area contributed by atoms with Crippen LogP contribution in [-0.4, -0.2) is 28.6 Å². The lowest BCUT2D eigenvalue weighted by Crippen LogP contribution is -2.14. The van der Waals surface area contributed by atoms with Crippen LogP contribution in [0.2, 0.25) is 0 Å². The summed E-state index contributed by atoms with van der Waals surface area (Å²) in [5, 5.41) is 10.7. The molecular formula is C21H18BrNO5S. The third-order valence-corrected chi connectivity index (χ3v) is 5.48. The number of ether oxygens (including phenoxy) is 1. The number of benzene rings is 1. The van der Waals surface area contributed by atoms with Gasteiger partial charge in [-0.2, -0.15) is 0 Å². The van der Waals surface area contributed by atoms with Crippen LogP contribution in [0.1, 0.15) is 26.0 Å². The van der Waals surface area contributed by atoms with Crippen molar-refractivity contribution in [2.45, 2.75) is 20.3 Å². The molecule has 1 amide bonds. The number of aliphatic hydroxyl groups excluding tert-OH is 1. The molecule has 1 aromatic heterocycles. The van der Waals surface area contributed by atoms with Gasteiger partial charge in [-0.25, -0.2) is 9.79 Å². The van der Waals surface area contributed by atoms with E-state index >= 15 is 0 Å². The predicted octanol–water partition coefficient (Wildman–Crippen LogP) is 5.51. The first-order valence-corrected chi connectivity index (χ1v) is 10.5. The van der Waals surface area contributed by atoms with Gasteiger partial charge in [-0.1, -0.05) is 46.7 Å². The molecule has 1 aliphatic heterocycles. The van der Waals surface area contributed by atoms with Crippen molar-refractivity contribution in [3.8, 4) is 11.3 Å². The number of nitrogens with zero attached hydrogens (tertiary/aromatic N) is 1. The number of aliphatic imine (C=N–C) groups is 1. The summed E-state index contributed by atoms with van der Waals surface area (Å²) in [6.07, 6.45) is 1.79. The van der Waals surface area contributed by atoms with Crippen molar-refractivity contribution in [3.63, 3.8) is 0 Å². The van der Waals surface area contributed by atoms with E-state index in [9.17, 15) is 14.7 Å². The second kappa shape index (κ2) is 9.28. The van der Waals surface area contributed by atoms with Crippen molar-refractivity contribution in [1.29, 1.82) is 0 Å². The summed E-state index contributed by atoms with van der Waals surface area (Å²) >= 11 is 4.42. The molecule has 29 heavy (non-hydrogen) atoms. The highest BCUT2D eigenvalue weighted by molar-refractivity contribution is 9.10. The fraction of sp³-hybridized carbons (Fsp3) is 0.190. The molecule has 0 unspecified atom stereocenters. The Morgan fingerprint density at radius 1 is 1.21 bits per heavy atom. The lowest BCUT2D eigenvalue weighted by Gasteiger charge is -2.02. The van der Waals surface area contributed by atoms with E-state index in [2.05, 4.69) is 20.9 Å². The first kappa shape index (κ1) is 21.1. The maximum Gasteiger partial charge on any atom is 0.344 e. The van der Waals surface area contributed by atoms with Gasteiger partial charge < -0.3 is 14.3 Å². The second-order valence-corrected chi connectivity index (χ2v) is 7.87. The fourth-order valence-corrected chi connectivity index (χ4v) is 3.79. The number of thioether (sulfide) groups is 1. The zero-order chi connectivity index (χ0) is 21.0. The normalized spacial score (nSPS) is 16.7. The lowest BCUT2D eigenvalue weighted by atomic mass is 10.2. The number of carbonyl (C=O) groups excluding carboxylic acids is 2. The van der Waals surface area contributed by atoms with Gasteiger partial charge >= 0.3 is 5.97 Å². The van der Waals surface area contributed by atoms with Gasteiger partial charge in [0.05, 0.1) is 11.5 Å². The lowest BCUT2D eigenvalue weighted by molar-refractivity contribution is -0.138. The number of carbonyl (C=O) groups is 2. The average molecular weight is 476 g/mol. The quantitative estimate of drug-likeness (QED) is 0.573. The van der Waals surface area contributed by atoms with Crippen molar-refractivity contribution < 1.29 is 23.8 Å². The summed E-state index contributed by atoms with van der Waals surface area (Å²) in [5.41, 5.74) is 0.796. The van der Waals surface area contributed by atoms with Crippen LogP contribution < -0.4 is 0 Å². The van der Waals surface area contributed by atoms with Gasteiger partial charge in [-0.15, -0.1) is 0 Å². The van der Waals surface area contributed by atoms with Crippen molar-refractivity contribution in [2.24, 2.45) is 4.99 Å².